The number of benzene rings is 1. The largest absolute Gasteiger partial charge is 0.483 e. The Bertz CT molecular complexity index is 1060. The van der Waals surface area contributed by atoms with Gasteiger partial charge in [0, 0.05) is 28.4 Å². The molecular formula is C21H19F4N3O2. The molecule has 30 heavy (non-hydrogen) atoms. The number of carbonyl (C=O) groups is 1. The smallest absolute Gasteiger partial charge is 0.422 e. The summed E-state index contributed by atoms with van der Waals surface area (Å²) in [6, 6.07) is 8.86. The second-order valence-electron chi connectivity index (χ2n) is 7.46. The fourth-order valence-electron chi connectivity index (χ4n) is 3.45. The summed E-state index contributed by atoms with van der Waals surface area (Å²) in [6.07, 6.45) is -2.53. The Morgan fingerprint density at radius 1 is 1.30 bits per heavy atom. The molecule has 0 saturated heterocycles. The van der Waals surface area contributed by atoms with Crippen molar-refractivity contribution in [3.63, 3.8) is 0 Å². The first-order valence-electron chi connectivity index (χ1n) is 9.43. The third kappa shape index (κ3) is 4.55. The van der Waals surface area contributed by atoms with Crippen molar-refractivity contribution < 1.29 is 27.1 Å². The van der Waals surface area contributed by atoms with Crippen LogP contribution in [0.1, 0.15) is 36.7 Å². The maximum absolute atomic E-state index is 13.4. The Kier molecular flexibility index (Phi) is 5.13. The highest BCUT2D eigenvalue weighted by Gasteiger charge is 2.45. The molecule has 1 aromatic carbocycles. The van der Waals surface area contributed by atoms with Gasteiger partial charge in [-0.15, -0.1) is 0 Å². The second-order valence-corrected chi connectivity index (χ2v) is 7.46. The first-order chi connectivity index (χ1) is 14.2. The fraction of sp³-hybridized carbons (Fsp3) is 0.333. The molecule has 1 fully saturated rings. The Morgan fingerprint density at radius 2 is 2.10 bits per heavy atom. The van der Waals surface area contributed by atoms with Crippen LogP contribution in [0.5, 0.6) is 5.75 Å². The van der Waals surface area contributed by atoms with Crippen molar-refractivity contribution in [1.29, 1.82) is 0 Å². The summed E-state index contributed by atoms with van der Waals surface area (Å²) in [6.45, 7) is 0.364. The molecule has 3 atom stereocenters. The van der Waals surface area contributed by atoms with E-state index in [-0.39, 0.29) is 29.3 Å². The van der Waals surface area contributed by atoms with E-state index in [0.717, 1.165) is 16.6 Å². The summed E-state index contributed by atoms with van der Waals surface area (Å²) in [5, 5.41) is 3.65. The highest BCUT2D eigenvalue weighted by Crippen LogP contribution is 2.48. The molecule has 1 aliphatic rings. The fourth-order valence-corrected chi connectivity index (χ4v) is 3.45. The minimum Gasteiger partial charge on any atom is -0.483 e. The van der Waals surface area contributed by atoms with Crippen LogP contribution in [0.4, 0.5) is 17.6 Å². The molecule has 4 rings (SSSR count). The predicted octanol–water partition coefficient (Wildman–Crippen LogP) is 4.62. The summed E-state index contributed by atoms with van der Waals surface area (Å²) >= 11 is 0. The summed E-state index contributed by atoms with van der Waals surface area (Å²) in [4.78, 5) is 19.9. The SMILES string of the molecule is C[C@@H](NC(=O)[C@@H]1C[C@H]1c1cc2cc(F)ccc2[nH]1)c1ccc(OCC(F)(F)F)cn1. The predicted molar refractivity (Wildman–Crippen MR) is 101 cm³/mol. The Labute approximate surface area is 169 Å². The van der Waals surface area contributed by atoms with Gasteiger partial charge >= 0.3 is 6.18 Å². The number of aromatic nitrogens is 2. The standard InChI is InChI=1S/C21H19F4N3O2/c1-11(17-5-3-14(9-26-17)30-10-21(23,24)25)27-20(29)16-8-15(16)19-7-12-6-13(22)2-4-18(12)28-19/h2-7,9,11,15-16,28H,8,10H2,1H3,(H,27,29)/t11-,15-,16-/m1/s1. The van der Waals surface area contributed by atoms with Gasteiger partial charge in [-0.1, -0.05) is 0 Å². The lowest BCUT2D eigenvalue weighted by Gasteiger charge is -2.14. The molecule has 2 heterocycles. The van der Waals surface area contributed by atoms with E-state index in [9.17, 15) is 22.4 Å². The molecule has 2 aromatic heterocycles. The van der Waals surface area contributed by atoms with E-state index >= 15 is 0 Å². The van der Waals surface area contributed by atoms with E-state index in [1.165, 1.54) is 30.5 Å². The van der Waals surface area contributed by atoms with Crippen molar-refractivity contribution in [2.75, 3.05) is 6.61 Å². The molecule has 1 amide bonds. The highest BCUT2D eigenvalue weighted by atomic mass is 19.4. The van der Waals surface area contributed by atoms with Crippen molar-refractivity contribution in [2.24, 2.45) is 5.92 Å². The molecule has 158 valence electrons. The number of hydrogen-bond acceptors (Lipinski definition) is 3. The van der Waals surface area contributed by atoms with E-state index < -0.39 is 18.8 Å². The Balaban J connectivity index is 1.33. The Hall–Kier alpha value is -3.10. The van der Waals surface area contributed by atoms with Gasteiger partial charge in [0.1, 0.15) is 11.6 Å². The van der Waals surface area contributed by atoms with Crippen LogP contribution in [0, 0.1) is 11.7 Å². The highest BCUT2D eigenvalue weighted by molar-refractivity contribution is 5.85. The number of pyridine rings is 1. The zero-order chi connectivity index (χ0) is 21.5. The first-order valence-corrected chi connectivity index (χ1v) is 9.43. The van der Waals surface area contributed by atoms with E-state index in [1.807, 2.05) is 6.07 Å². The monoisotopic (exact) mass is 421 g/mol. The molecule has 9 heteroatoms. The molecular weight excluding hydrogens is 402 g/mol. The lowest BCUT2D eigenvalue weighted by molar-refractivity contribution is -0.153. The van der Waals surface area contributed by atoms with Crippen molar-refractivity contribution >= 4 is 16.8 Å². The van der Waals surface area contributed by atoms with Crippen molar-refractivity contribution in [3.8, 4) is 5.75 Å². The van der Waals surface area contributed by atoms with Gasteiger partial charge in [0.25, 0.3) is 0 Å². The maximum atomic E-state index is 13.4. The normalized spacial score (nSPS) is 19.5. The van der Waals surface area contributed by atoms with Crippen molar-refractivity contribution in [2.45, 2.75) is 31.5 Å². The van der Waals surface area contributed by atoms with Crippen LogP contribution in [0.2, 0.25) is 0 Å². The molecule has 0 unspecified atom stereocenters. The zero-order valence-electron chi connectivity index (χ0n) is 16.0. The van der Waals surface area contributed by atoms with Gasteiger partial charge in [0.05, 0.1) is 17.9 Å². The number of rotatable bonds is 6. The van der Waals surface area contributed by atoms with Crippen LogP contribution >= 0.6 is 0 Å². The van der Waals surface area contributed by atoms with Crippen molar-refractivity contribution in [3.05, 3.63) is 59.8 Å². The third-order valence-electron chi connectivity index (χ3n) is 5.09. The average Bonchev–Trinajstić information content (AvgIpc) is 3.39. The zero-order valence-corrected chi connectivity index (χ0v) is 16.0. The number of H-pyrrole nitrogens is 1. The van der Waals surface area contributed by atoms with Crippen LogP contribution in [0.25, 0.3) is 10.9 Å². The molecule has 0 spiro atoms. The Morgan fingerprint density at radius 3 is 2.80 bits per heavy atom. The topological polar surface area (TPSA) is 67.0 Å². The van der Waals surface area contributed by atoms with E-state index in [1.54, 1.807) is 13.0 Å². The molecule has 1 aliphatic carbocycles. The van der Waals surface area contributed by atoms with Crippen LogP contribution in [-0.4, -0.2) is 28.7 Å². The molecule has 5 nitrogen and oxygen atoms in total. The second kappa shape index (κ2) is 7.62. The van der Waals surface area contributed by atoms with Gasteiger partial charge < -0.3 is 15.0 Å². The summed E-state index contributed by atoms with van der Waals surface area (Å²) in [5.41, 5.74) is 2.23. The summed E-state index contributed by atoms with van der Waals surface area (Å²) in [7, 11) is 0. The summed E-state index contributed by atoms with van der Waals surface area (Å²) in [5.74, 6) is -0.587. The summed E-state index contributed by atoms with van der Waals surface area (Å²) < 4.78 is 54.6. The number of nitrogens with one attached hydrogen (secondary N) is 2. The minimum absolute atomic E-state index is 0.00658. The molecule has 2 N–H and O–H groups in total. The average molecular weight is 421 g/mol. The van der Waals surface area contributed by atoms with Gasteiger partial charge in [-0.3, -0.25) is 9.78 Å². The third-order valence-corrected chi connectivity index (χ3v) is 5.09. The molecule has 0 aliphatic heterocycles. The van der Waals surface area contributed by atoms with Crippen molar-refractivity contribution in [1.82, 2.24) is 15.3 Å². The van der Waals surface area contributed by atoms with Gasteiger partial charge in [-0.05, 0) is 49.7 Å². The number of alkyl halides is 3. The number of halogens is 4. The van der Waals surface area contributed by atoms with Crippen LogP contribution in [-0.2, 0) is 4.79 Å². The van der Waals surface area contributed by atoms with Gasteiger partial charge in [-0.2, -0.15) is 13.2 Å². The number of nitrogens with zero attached hydrogens (tertiary/aromatic N) is 1. The van der Waals surface area contributed by atoms with Gasteiger partial charge in [0.2, 0.25) is 5.91 Å². The van der Waals surface area contributed by atoms with Gasteiger partial charge in [-0.25, -0.2) is 4.39 Å². The lowest BCUT2D eigenvalue weighted by Crippen LogP contribution is -2.29. The number of ether oxygens (including phenoxy) is 1. The maximum Gasteiger partial charge on any atom is 0.422 e. The van der Waals surface area contributed by atoms with Gasteiger partial charge in [0.15, 0.2) is 6.61 Å². The van der Waals surface area contributed by atoms with E-state index in [0.29, 0.717) is 12.1 Å². The number of carbonyl (C=O) groups excluding carboxylic acids is 1. The molecule has 0 bridgehead atoms. The minimum atomic E-state index is -4.42. The molecule has 1 saturated carbocycles. The number of hydrogen-bond donors (Lipinski definition) is 2. The lowest BCUT2D eigenvalue weighted by atomic mass is 10.1. The van der Waals surface area contributed by atoms with Crippen LogP contribution < -0.4 is 10.1 Å². The first kappa shape index (κ1) is 20.2. The molecule has 0 radical (unpaired) electrons. The van der Waals surface area contributed by atoms with E-state index in [2.05, 4.69) is 20.0 Å². The van der Waals surface area contributed by atoms with Crippen LogP contribution in [0.3, 0.4) is 0 Å². The molecule has 3 aromatic rings. The quantitative estimate of drug-likeness (QED) is 0.571. The number of amides is 1. The number of aromatic amines is 1. The van der Waals surface area contributed by atoms with Crippen LogP contribution in [0.15, 0.2) is 42.6 Å². The number of fused-ring (bicyclic) bond motifs is 1. The van der Waals surface area contributed by atoms with E-state index in [4.69, 9.17) is 0 Å².